The predicted molar refractivity (Wildman–Crippen MR) is 137 cm³/mol. The van der Waals surface area contributed by atoms with Gasteiger partial charge in [-0.2, -0.15) is 5.10 Å². The Labute approximate surface area is 216 Å². The second-order valence-electron chi connectivity index (χ2n) is 9.07. The molecular formula is C25H23N11O2. The van der Waals surface area contributed by atoms with E-state index in [9.17, 15) is 9.59 Å². The second kappa shape index (κ2) is 9.44. The van der Waals surface area contributed by atoms with Crippen molar-refractivity contribution in [3.05, 3.63) is 78.3 Å². The van der Waals surface area contributed by atoms with Crippen LogP contribution in [0.15, 0.2) is 55.5 Å². The van der Waals surface area contributed by atoms with E-state index in [0.717, 1.165) is 22.4 Å². The minimum Gasteiger partial charge on any atom is -0.324 e. The number of aromatic nitrogens is 8. The Morgan fingerprint density at radius 2 is 1.92 bits per heavy atom. The second-order valence-corrected chi connectivity index (χ2v) is 9.07. The van der Waals surface area contributed by atoms with Gasteiger partial charge in [0.2, 0.25) is 11.7 Å². The summed E-state index contributed by atoms with van der Waals surface area (Å²) in [4.78, 5) is 40.4. The lowest BCUT2D eigenvalue weighted by Crippen LogP contribution is -2.29. The number of aryl methyl sites for hydroxylation is 2. The Balaban J connectivity index is 1.14. The molecular weight excluding hydrogens is 486 g/mol. The third kappa shape index (κ3) is 4.57. The first kappa shape index (κ1) is 23.4. The molecule has 0 atom stereocenters. The molecule has 190 valence electrons. The number of amides is 2. The number of hydrogen-bond donors (Lipinski definition) is 2. The number of carbonyl (C=O) groups is 2. The maximum Gasteiger partial charge on any atom is 0.294 e. The maximum absolute atomic E-state index is 13.1. The van der Waals surface area contributed by atoms with Crippen LogP contribution in [-0.4, -0.2) is 62.6 Å². The topological polar surface area (TPSA) is 148 Å². The molecule has 6 heterocycles. The van der Waals surface area contributed by atoms with Gasteiger partial charge in [-0.25, -0.2) is 9.97 Å². The molecule has 0 saturated heterocycles. The fraction of sp³-hybridized carbons (Fsp3) is 0.200. The predicted octanol–water partition coefficient (Wildman–Crippen LogP) is 1.83. The highest BCUT2D eigenvalue weighted by molar-refractivity contribution is 6.03. The minimum absolute atomic E-state index is 0.128. The molecule has 0 unspecified atom stereocenters. The molecule has 0 fully saturated rings. The summed E-state index contributed by atoms with van der Waals surface area (Å²) in [5, 5.41) is 18.1. The molecule has 13 nitrogen and oxygen atoms in total. The van der Waals surface area contributed by atoms with Gasteiger partial charge >= 0.3 is 0 Å². The molecule has 1 aliphatic heterocycles. The highest BCUT2D eigenvalue weighted by Crippen LogP contribution is 2.22. The van der Waals surface area contributed by atoms with Crippen LogP contribution in [0.3, 0.4) is 0 Å². The summed E-state index contributed by atoms with van der Waals surface area (Å²) in [7, 11) is 1.85. The summed E-state index contributed by atoms with van der Waals surface area (Å²) in [6.45, 7) is 3.17. The molecule has 5 aromatic heterocycles. The third-order valence-electron chi connectivity index (χ3n) is 6.29. The summed E-state index contributed by atoms with van der Waals surface area (Å²) in [6, 6.07) is 5.39. The van der Waals surface area contributed by atoms with E-state index in [-0.39, 0.29) is 18.3 Å². The third-order valence-corrected chi connectivity index (χ3v) is 6.29. The zero-order chi connectivity index (χ0) is 26.2. The van der Waals surface area contributed by atoms with Crippen molar-refractivity contribution in [1.82, 2.24) is 44.2 Å². The van der Waals surface area contributed by atoms with Crippen LogP contribution in [0.5, 0.6) is 0 Å². The fourth-order valence-electron chi connectivity index (χ4n) is 4.38. The Bertz CT molecular complexity index is 1660. The monoisotopic (exact) mass is 509 g/mol. The maximum atomic E-state index is 13.1. The Morgan fingerprint density at radius 3 is 2.74 bits per heavy atom. The van der Waals surface area contributed by atoms with Gasteiger partial charge in [-0.15, -0.1) is 10.2 Å². The molecule has 0 aliphatic carbocycles. The number of rotatable bonds is 6. The molecule has 38 heavy (non-hydrogen) atoms. The molecule has 0 saturated carbocycles. The summed E-state index contributed by atoms with van der Waals surface area (Å²) in [5.41, 5.74) is 5.87. The average molecular weight is 510 g/mol. The summed E-state index contributed by atoms with van der Waals surface area (Å²) < 4.78 is 3.33. The molecule has 0 aromatic carbocycles. The van der Waals surface area contributed by atoms with Crippen molar-refractivity contribution < 1.29 is 9.59 Å². The number of nitrogens with zero attached hydrogens (tertiary/aromatic N) is 9. The van der Waals surface area contributed by atoms with E-state index < -0.39 is 5.91 Å². The molecule has 0 radical (unpaired) electrons. The van der Waals surface area contributed by atoms with Gasteiger partial charge in [-0.05, 0) is 30.7 Å². The van der Waals surface area contributed by atoms with E-state index in [2.05, 4.69) is 40.9 Å². The first-order chi connectivity index (χ1) is 18.4. The van der Waals surface area contributed by atoms with E-state index in [4.69, 9.17) is 0 Å². The van der Waals surface area contributed by atoms with Crippen LogP contribution in [0.25, 0.3) is 16.8 Å². The number of carbonyl (C=O) groups excluding carboxylic acids is 2. The Kier molecular flexibility index (Phi) is 5.81. The molecule has 1 aliphatic rings. The lowest BCUT2D eigenvalue weighted by molar-refractivity contribution is -0.117. The van der Waals surface area contributed by atoms with Gasteiger partial charge < -0.3 is 10.6 Å². The van der Waals surface area contributed by atoms with Crippen LogP contribution in [0.4, 0.5) is 11.4 Å². The minimum atomic E-state index is -0.448. The lowest BCUT2D eigenvalue weighted by Gasteiger charge is -2.15. The zero-order valence-corrected chi connectivity index (χ0v) is 20.7. The molecule has 0 bridgehead atoms. The van der Waals surface area contributed by atoms with Gasteiger partial charge in [0.05, 0.1) is 41.7 Å². The summed E-state index contributed by atoms with van der Waals surface area (Å²) in [6.07, 6.45) is 10.2. The van der Waals surface area contributed by atoms with Gasteiger partial charge in [0.1, 0.15) is 6.33 Å². The lowest BCUT2D eigenvalue weighted by atomic mass is 10.1. The standard InChI is InChI=1S/C25H23N11O2/c1-15-20(6-19(9-27-15)30-23(37)13-35-11-18-7-26-14-28-21(18)12-35)31-25(38)24-33-32-22-5-16(3-4-36(22)24)17-8-29-34(2)10-17/h3-10,14H,11-13H2,1-2H3,(H,30,37)(H,31,38). The molecule has 0 spiro atoms. The largest absolute Gasteiger partial charge is 0.324 e. The van der Waals surface area contributed by atoms with Crippen LogP contribution >= 0.6 is 0 Å². The van der Waals surface area contributed by atoms with E-state index in [1.807, 2.05) is 30.3 Å². The van der Waals surface area contributed by atoms with E-state index in [0.29, 0.717) is 35.8 Å². The fourth-order valence-corrected chi connectivity index (χ4v) is 4.38. The number of hydrogen-bond acceptors (Lipinski definition) is 9. The first-order valence-electron chi connectivity index (χ1n) is 11.8. The van der Waals surface area contributed by atoms with Crippen molar-refractivity contribution in [3.8, 4) is 11.1 Å². The van der Waals surface area contributed by atoms with E-state index in [1.165, 1.54) is 6.33 Å². The van der Waals surface area contributed by atoms with Crippen LogP contribution in [0.1, 0.15) is 27.6 Å². The van der Waals surface area contributed by atoms with Crippen LogP contribution in [0, 0.1) is 6.92 Å². The number of anilines is 2. The summed E-state index contributed by atoms with van der Waals surface area (Å²) in [5.74, 6) is -0.513. The molecule has 6 rings (SSSR count). The van der Waals surface area contributed by atoms with Crippen molar-refractivity contribution in [2.24, 2.45) is 7.05 Å². The van der Waals surface area contributed by atoms with Gasteiger partial charge in [0.15, 0.2) is 5.65 Å². The normalized spacial score (nSPS) is 13.0. The molecule has 5 aromatic rings. The van der Waals surface area contributed by atoms with Crippen molar-refractivity contribution in [3.63, 3.8) is 0 Å². The first-order valence-corrected chi connectivity index (χ1v) is 11.8. The molecule has 13 heteroatoms. The highest BCUT2D eigenvalue weighted by Gasteiger charge is 2.22. The Hall–Kier alpha value is -5.04. The van der Waals surface area contributed by atoms with Gasteiger partial charge in [-0.1, -0.05) is 0 Å². The zero-order valence-electron chi connectivity index (χ0n) is 20.7. The average Bonchev–Trinajstić information content (AvgIpc) is 3.63. The van der Waals surface area contributed by atoms with Crippen LogP contribution < -0.4 is 10.6 Å². The van der Waals surface area contributed by atoms with E-state index >= 15 is 0 Å². The number of fused-ring (bicyclic) bond motifs is 2. The van der Waals surface area contributed by atoms with Gasteiger partial charge in [0, 0.05) is 49.9 Å². The highest BCUT2D eigenvalue weighted by atomic mass is 16.2. The van der Waals surface area contributed by atoms with Gasteiger partial charge in [-0.3, -0.25) is 28.6 Å². The SMILES string of the molecule is Cc1ncc(NC(=O)CN2Cc3cncnc3C2)cc1NC(=O)c1nnc2cc(-c3cnn(C)c3)ccn12. The number of pyridine rings is 2. The van der Waals surface area contributed by atoms with Crippen molar-refractivity contribution >= 4 is 28.8 Å². The van der Waals surface area contributed by atoms with Crippen molar-refractivity contribution in [2.45, 2.75) is 20.0 Å². The molecule has 2 amide bonds. The smallest absolute Gasteiger partial charge is 0.294 e. The Morgan fingerprint density at radius 1 is 1.03 bits per heavy atom. The number of nitrogens with one attached hydrogen (secondary N) is 2. The molecule has 2 N–H and O–H groups in total. The van der Waals surface area contributed by atoms with Crippen molar-refractivity contribution in [2.75, 3.05) is 17.2 Å². The quantitative estimate of drug-likeness (QED) is 0.350. The van der Waals surface area contributed by atoms with Crippen LogP contribution in [0.2, 0.25) is 0 Å². The van der Waals surface area contributed by atoms with Crippen LogP contribution in [-0.2, 0) is 24.9 Å². The van der Waals surface area contributed by atoms with Gasteiger partial charge in [0.25, 0.3) is 5.91 Å². The summed E-state index contributed by atoms with van der Waals surface area (Å²) >= 11 is 0. The van der Waals surface area contributed by atoms with E-state index in [1.54, 1.807) is 46.9 Å². The van der Waals surface area contributed by atoms with Crippen molar-refractivity contribution in [1.29, 1.82) is 0 Å².